The van der Waals surface area contributed by atoms with Crippen LogP contribution in [0.1, 0.15) is 18.1 Å². The van der Waals surface area contributed by atoms with E-state index >= 15 is 0 Å². The van der Waals surface area contributed by atoms with E-state index in [0.717, 1.165) is 11.1 Å². The maximum absolute atomic E-state index is 12.4. The van der Waals surface area contributed by atoms with Gasteiger partial charge >= 0.3 is 12.2 Å². The van der Waals surface area contributed by atoms with Crippen LogP contribution in [0.25, 0.3) is 0 Å². The van der Waals surface area contributed by atoms with Crippen LogP contribution in [0.15, 0.2) is 42.5 Å². The average Bonchev–Trinajstić information content (AvgIpc) is 2.61. The molecule has 6 nitrogen and oxygen atoms in total. The molecular formula is C19H22F3N3O3. The van der Waals surface area contributed by atoms with E-state index in [4.69, 9.17) is 15.2 Å². The molecule has 2 amide bonds. The topological polar surface area (TPSA) is 85.6 Å². The lowest BCUT2D eigenvalue weighted by Gasteiger charge is -2.15. The summed E-state index contributed by atoms with van der Waals surface area (Å²) in [5.41, 5.74) is 7.49. The molecule has 0 fully saturated rings. The third kappa shape index (κ3) is 7.36. The van der Waals surface area contributed by atoms with Crippen LogP contribution in [0.3, 0.4) is 0 Å². The molecule has 0 unspecified atom stereocenters. The Morgan fingerprint density at radius 3 is 2.25 bits per heavy atom. The molecule has 9 heteroatoms. The minimum Gasteiger partial charge on any atom is -0.490 e. The maximum Gasteiger partial charge on any atom is 0.422 e. The van der Waals surface area contributed by atoms with Crippen LogP contribution in [0.4, 0.5) is 23.7 Å². The first-order valence-corrected chi connectivity index (χ1v) is 8.58. The first-order valence-electron chi connectivity index (χ1n) is 8.58. The lowest BCUT2D eigenvalue weighted by atomic mass is 10.1. The number of anilines is 1. The van der Waals surface area contributed by atoms with Crippen LogP contribution in [0.5, 0.6) is 11.5 Å². The molecule has 0 heterocycles. The summed E-state index contributed by atoms with van der Waals surface area (Å²) >= 11 is 0. The Morgan fingerprint density at radius 1 is 1.00 bits per heavy atom. The van der Waals surface area contributed by atoms with Crippen molar-refractivity contribution in [1.29, 1.82) is 0 Å². The summed E-state index contributed by atoms with van der Waals surface area (Å²) < 4.78 is 47.3. The number of urea groups is 1. The van der Waals surface area contributed by atoms with Crippen molar-refractivity contribution in [1.82, 2.24) is 5.32 Å². The Morgan fingerprint density at radius 2 is 1.64 bits per heavy atom. The summed E-state index contributed by atoms with van der Waals surface area (Å²) in [4.78, 5) is 10.8. The zero-order valence-electron chi connectivity index (χ0n) is 15.3. The first kappa shape index (κ1) is 21.4. The summed E-state index contributed by atoms with van der Waals surface area (Å²) in [5, 5.41) is 5.71. The van der Waals surface area contributed by atoms with E-state index in [9.17, 15) is 18.0 Å². The smallest absolute Gasteiger partial charge is 0.422 e. The van der Waals surface area contributed by atoms with Crippen molar-refractivity contribution in [2.45, 2.75) is 26.2 Å². The van der Waals surface area contributed by atoms with Crippen LogP contribution in [0, 0.1) is 0 Å². The molecule has 2 aromatic carbocycles. The number of alkyl halides is 3. The predicted octanol–water partition coefficient (Wildman–Crippen LogP) is 3.81. The van der Waals surface area contributed by atoms with E-state index in [0.29, 0.717) is 25.4 Å². The quantitative estimate of drug-likeness (QED) is 0.601. The molecule has 2 rings (SSSR count). The number of carbonyl (C=O) groups excluding carboxylic acids is 1. The van der Waals surface area contributed by atoms with Gasteiger partial charge < -0.3 is 25.8 Å². The van der Waals surface area contributed by atoms with Crippen molar-refractivity contribution in [3.05, 3.63) is 53.6 Å². The number of hydrogen-bond donors (Lipinski definition) is 3. The summed E-state index contributed by atoms with van der Waals surface area (Å²) in [6.45, 7) is 1.74. The van der Waals surface area contributed by atoms with Crippen LogP contribution >= 0.6 is 0 Å². The van der Waals surface area contributed by atoms with E-state index in [-0.39, 0.29) is 11.5 Å². The van der Waals surface area contributed by atoms with E-state index in [2.05, 4.69) is 10.6 Å². The lowest BCUT2D eigenvalue weighted by molar-refractivity contribution is -0.153. The van der Waals surface area contributed by atoms with Gasteiger partial charge in [-0.25, -0.2) is 4.79 Å². The molecule has 2 aromatic rings. The van der Waals surface area contributed by atoms with E-state index in [1.54, 1.807) is 31.2 Å². The largest absolute Gasteiger partial charge is 0.490 e. The van der Waals surface area contributed by atoms with Gasteiger partial charge in [-0.1, -0.05) is 18.2 Å². The highest BCUT2D eigenvalue weighted by molar-refractivity contribution is 5.87. The van der Waals surface area contributed by atoms with Crippen molar-refractivity contribution >= 4 is 11.7 Å². The Labute approximate surface area is 160 Å². The molecule has 28 heavy (non-hydrogen) atoms. The predicted molar refractivity (Wildman–Crippen MR) is 99.4 cm³/mol. The van der Waals surface area contributed by atoms with Crippen molar-refractivity contribution in [2.75, 3.05) is 18.5 Å². The molecule has 0 saturated heterocycles. The Balaban J connectivity index is 1.92. The summed E-state index contributed by atoms with van der Waals surface area (Å²) in [7, 11) is 0. The second-order valence-electron chi connectivity index (χ2n) is 5.91. The van der Waals surface area contributed by atoms with Crippen LogP contribution < -0.4 is 25.8 Å². The van der Waals surface area contributed by atoms with Gasteiger partial charge in [0.1, 0.15) is 0 Å². The number of ether oxygens (including phenoxy) is 2. The fraction of sp³-hybridized carbons (Fsp3) is 0.316. The third-order valence-electron chi connectivity index (χ3n) is 3.58. The summed E-state index contributed by atoms with van der Waals surface area (Å²) in [5.74, 6) is 0.327. The molecule has 0 saturated carbocycles. The normalized spacial score (nSPS) is 11.1. The Kier molecular flexibility index (Phi) is 7.51. The van der Waals surface area contributed by atoms with Gasteiger partial charge in [0.2, 0.25) is 0 Å². The molecule has 0 aliphatic carbocycles. The van der Waals surface area contributed by atoms with Crippen LogP contribution in [-0.4, -0.2) is 25.4 Å². The molecule has 0 aromatic heterocycles. The molecule has 152 valence electrons. The van der Waals surface area contributed by atoms with Crippen molar-refractivity contribution < 1.29 is 27.4 Å². The molecule has 0 aliphatic rings. The Bertz CT molecular complexity index is 780. The van der Waals surface area contributed by atoms with E-state index in [1.165, 1.54) is 6.07 Å². The van der Waals surface area contributed by atoms with Gasteiger partial charge in [0, 0.05) is 18.8 Å². The van der Waals surface area contributed by atoms with Gasteiger partial charge in [0.15, 0.2) is 18.1 Å². The highest BCUT2D eigenvalue weighted by Gasteiger charge is 2.29. The van der Waals surface area contributed by atoms with Gasteiger partial charge in [0.05, 0.1) is 6.61 Å². The highest BCUT2D eigenvalue weighted by atomic mass is 19.4. The van der Waals surface area contributed by atoms with Crippen molar-refractivity contribution in [2.24, 2.45) is 5.73 Å². The number of amides is 2. The molecule has 0 atom stereocenters. The Hall–Kier alpha value is -2.94. The summed E-state index contributed by atoms with van der Waals surface area (Å²) in [6, 6.07) is 11.3. The standard InChI is InChI=1S/C19H22F3N3O3/c1-2-27-17-9-14(5-8-16(17)28-12-19(20,21)22)11-24-10-13-3-6-15(7-4-13)25-18(23)26/h3-9,24H,2,10-12H2,1H3,(H3,23,25,26). The molecule has 4 N–H and O–H groups in total. The average molecular weight is 397 g/mol. The molecular weight excluding hydrogens is 375 g/mol. The van der Waals surface area contributed by atoms with Gasteiger partial charge in [-0.15, -0.1) is 0 Å². The number of carbonyl (C=O) groups is 1. The fourth-order valence-corrected chi connectivity index (χ4v) is 2.41. The number of rotatable bonds is 9. The van der Waals surface area contributed by atoms with E-state index in [1.807, 2.05) is 12.1 Å². The third-order valence-corrected chi connectivity index (χ3v) is 3.58. The maximum atomic E-state index is 12.4. The van der Waals surface area contributed by atoms with Crippen LogP contribution in [-0.2, 0) is 13.1 Å². The molecule has 0 bridgehead atoms. The minimum atomic E-state index is -4.41. The zero-order valence-corrected chi connectivity index (χ0v) is 15.3. The fourth-order valence-electron chi connectivity index (χ4n) is 2.41. The van der Waals surface area contributed by atoms with Gasteiger partial charge in [-0.3, -0.25) is 0 Å². The number of nitrogens with one attached hydrogen (secondary N) is 2. The molecule has 0 radical (unpaired) electrons. The number of hydrogen-bond acceptors (Lipinski definition) is 4. The minimum absolute atomic E-state index is 0.0560. The van der Waals surface area contributed by atoms with E-state index < -0.39 is 18.8 Å². The SMILES string of the molecule is CCOc1cc(CNCc2ccc(NC(N)=O)cc2)ccc1OCC(F)(F)F. The first-order chi connectivity index (χ1) is 13.3. The monoisotopic (exact) mass is 397 g/mol. The summed E-state index contributed by atoms with van der Waals surface area (Å²) in [6.07, 6.45) is -4.41. The lowest BCUT2D eigenvalue weighted by Crippen LogP contribution is -2.19. The number of halogens is 3. The van der Waals surface area contributed by atoms with Gasteiger partial charge in [-0.2, -0.15) is 13.2 Å². The van der Waals surface area contributed by atoms with Gasteiger partial charge in [-0.05, 0) is 42.3 Å². The van der Waals surface area contributed by atoms with Crippen LogP contribution in [0.2, 0.25) is 0 Å². The highest BCUT2D eigenvalue weighted by Crippen LogP contribution is 2.30. The number of nitrogens with two attached hydrogens (primary N) is 1. The second-order valence-corrected chi connectivity index (χ2v) is 5.91. The van der Waals surface area contributed by atoms with Gasteiger partial charge in [0.25, 0.3) is 0 Å². The second kappa shape index (κ2) is 9.84. The van der Waals surface area contributed by atoms with Crippen molar-refractivity contribution in [3.8, 4) is 11.5 Å². The number of benzene rings is 2. The zero-order chi connectivity index (χ0) is 20.6. The molecule has 0 aliphatic heterocycles. The molecule has 0 spiro atoms. The van der Waals surface area contributed by atoms with Crippen molar-refractivity contribution in [3.63, 3.8) is 0 Å². The number of primary amides is 1.